The van der Waals surface area contributed by atoms with Gasteiger partial charge in [0.1, 0.15) is 0 Å². The number of benzene rings is 1. The zero-order valence-corrected chi connectivity index (χ0v) is 15.9. The first-order valence-electron chi connectivity index (χ1n) is 10.3. The molecule has 2 saturated carbocycles. The van der Waals surface area contributed by atoms with Crippen molar-refractivity contribution >= 4 is 11.6 Å². The molecule has 0 aromatic heterocycles. The number of carbonyl (C=O) groups is 1. The van der Waals surface area contributed by atoms with E-state index in [-0.39, 0.29) is 17.6 Å². The quantitative estimate of drug-likeness (QED) is 0.715. The van der Waals surface area contributed by atoms with E-state index in [4.69, 9.17) is 4.74 Å². The number of hydrogen-bond donors (Lipinski definition) is 0. The van der Waals surface area contributed by atoms with Crippen LogP contribution in [0.15, 0.2) is 35.9 Å². The fourth-order valence-electron chi connectivity index (χ4n) is 6.09. The van der Waals surface area contributed by atoms with Gasteiger partial charge in [0.2, 0.25) is 5.91 Å². The Morgan fingerprint density at radius 3 is 2.92 bits per heavy atom. The van der Waals surface area contributed by atoms with Gasteiger partial charge in [-0.15, -0.1) is 0 Å². The molecule has 0 radical (unpaired) electrons. The minimum absolute atomic E-state index is 0.105. The Labute approximate surface area is 156 Å². The predicted molar refractivity (Wildman–Crippen MR) is 103 cm³/mol. The van der Waals surface area contributed by atoms with Gasteiger partial charge in [-0.25, -0.2) is 0 Å². The highest BCUT2D eigenvalue weighted by Crippen LogP contribution is 2.61. The third-order valence-corrected chi connectivity index (χ3v) is 7.19. The fraction of sp³-hybridized carbons (Fsp3) is 0.609. The van der Waals surface area contributed by atoms with E-state index < -0.39 is 0 Å². The maximum Gasteiger partial charge on any atom is 0.233 e. The summed E-state index contributed by atoms with van der Waals surface area (Å²) in [6, 6.07) is 8.37. The monoisotopic (exact) mass is 351 g/mol. The molecule has 4 unspecified atom stereocenters. The molecular formula is C23H29NO2. The molecule has 26 heavy (non-hydrogen) atoms. The van der Waals surface area contributed by atoms with E-state index in [1.165, 1.54) is 18.4 Å². The molecular weight excluding hydrogens is 322 g/mol. The molecule has 2 fully saturated rings. The second-order valence-electron chi connectivity index (χ2n) is 9.05. The average molecular weight is 351 g/mol. The van der Waals surface area contributed by atoms with Crippen LogP contribution in [0.4, 0.5) is 5.69 Å². The summed E-state index contributed by atoms with van der Waals surface area (Å²) in [5.74, 6) is 1.83. The lowest BCUT2D eigenvalue weighted by atomic mass is 9.74. The first-order chi connectivity index (χ1) is 12.6. The van der Waals surface area contributed by atoms with Crippen LogP contribution in [-0.4, -0.2) is 18.6 Å². The van der Waals surface area contributed by atoms with Gasteiger partial charge in [0.05, 0.1) is 17.6 Å². The van der Waals surface area contributed by atoms with Gasteiger partial charge in [-0.05, 0) is 70.3 Å². The Morgan fingerprint density at radius 2 is 2.08 bits per heavy atom. The summed E-state index contributed by atoms with van der Waals surface area (Å²) in [5, 5.41) is 0. The average Bonchev–Trinajstić information content (AvgIpc) is 3.14. The van der Waals surface area contributed by atoms with Crippen molar-refractivity contribution < 1.29 is 9.53 Å². The van der Waals surface area contributed by atoms with Crippen LogP contribution in [0, 0.1) is 17.3 Å². The standard InChI is InChI=1S/C23H29NO2/c1-15(2)26-21-10-12-24(20-6-4-3-5-18(20)21)22(25)23-11-9-16-7-8-17(13-23)19(16)14-23/h3-6,9,15,17,19,21H,7-8,10-14H2,1-2H3. The summed E-state index contributed by atoms with van der Waals surface area (Å²) >= 11 is 0. The van der Waals surface area contributed by atoms with Crippen molar-refractivity contribution in [2.24, 2.45) is 17.3 Å². The van der Waals surface area contributed by atoms with Crippen molar-refractivity contribution in [1.29, 1.82) is 0 Å². The summed E-state index contributed by atoms with van der Waals surface area (Å²) in [5.41, 5.74) is 3.77. The van der Waals surface area contributed by atoms with Crippen LogP contribution in [0.2, 0.25) is 0 Å². The third kappa shape index (κ3) is 2.40. The number of hydrogen-bond acceptors (Lipinski definition) is 2. The van der Waals surface area contributed by atoms with E-state index in [0.717, 1.165) is 43.8 Å². The molecule has 1 aliphatic heterocycles. The van der Waals surface area contributed by atoms with Crippen LogP contribution in [-0.2, 0) is 9.53 Å². The van der Waals surface area contributed by atoms with Crippen molar-refractivity contribution in [3.05, 3.63) is 41.5 Å². The van der Waals surface area contributed by atoms with Gasteiger partial charge in [0.15, 0.2) is 0 Å². The number of rotatable bonds is 3. The van der Waals surface area contributed by atoms with Gasteiger partial charge < -0.3 is 9.64 Å². The first kappa shape index (κ1) is 16.6. The van der Waals surface area contributed by atoms with Gasteiger partial charge in [0.25, 0.3) is 0 Å². The van der Waals surface area contributed by atoms with E-state index in [1.54, 1.807) is 5.57 Å². The highest BCUT2D eigenvalue weighted by atomic mass is 16.5. The molecule has 0 spiro atoms. The Morgan fingerprint density at radius 1 is 1.23 bits per heavy atom. The molecule has 2 bridgehead atoms. The van der Waals surface area contributed by atoms with Crippen molar-refractivity contribution in [2.45, 2.75) is 64.6 Å². The van der Waals surface area contributed by atoms with Gasteiger partial charge in [-0.3, -0.25) is 4.79 Å². The van der Waals surface area contributed by atoms with Crippen molar-refractivity contribution in [2.75, 3.05) is 11.4 Å². The number of ether oxygens (including phenoxy) is 1. The number of fused-ring (bicyclic) bond motifs is 2. The lowest BCUT2D eigenvalue weighted by Gasteiger charge is -2.41. The largest absolute Gasteiger partial charge is 0.371 e. The molecule has 1 amide bonds. The lowest BCUT2D eigenvalue weighted by Crippen LogP contribution is -2.46. The molecule has 4 atom stereocenters. The smallest absolute Gasteiger partial charge is 0.233 e. The molecule has 4 aliphatic rings. The second-order valence-corrected chi connectivity index (χ2v) is 9.05. The molecule has 1 aromatic rings. The summed E-state index contributed by atoms with van der Waals surface area (Å²) < 4.78 is 6.14. The van der Waals surface area contributed by atoms with Crippen LogP contribution in [0.3, 0.4) is 0 Å². The minimum atomic E-state index is -0.141. The van der Waals surface area contributed by atoms with E-state index in [2.05, 4.69) is 49.1 Å². The highest BCUT2D eigenvalue weighted by Gasteiger charge is 2.56. The normalized spacial score (nSPS) is 34.8. The second kappa shape index (κ2) is 5.95. The Balaban J connectivity index is 1.46. The summed E-state index contributed by atoms with van der Waals surface area (Å²) in [7, 11) is 0. The lowest BCUT2D eigenvalue weighted by molar-refractivity contribution is -0.128. The van der Waals surface area contributed by atoms with Crippen LogP contribution < -0.4 is 4.90 Å². The number of para-hydroxylation sites is 1. The molecule has 3 aliphatic carbocycles. The molecule has 5 rings (SSSR count). The molecule has 138 valence electrons. The van der Waals surface area contributed by atoms with E-state index in [1.807, 2.05) is 0 Å². The van der Waals surface area contributed by atoms with E-state index in [9.17, 15) is 4.79 Å². The van der Waals surface area contributed by atoms with E-state index in [0.29, 0.717) is 11.8 Å². The highest BCUT2D eigenvalue weighted by molar-refractivity contribution is 5.99. The number of amides is 1. The maximum atomic E-state index is 13.8. The van der Waals surface area contributed by atoms with Gasteiger partial charge >= 0.3 is 0 Å². The maximum absolute atomic E-state index is 13.8. The number of carbonyl (C=O) groups excluding carboxylic acids is 1. The number of anilines is 1. The van der Waals surface area contributed by atoms with Crippen LogP contribution in [0.25, 0.3) is 0 Å². The summed E-state index contributed by atoms with van der Waals surface area (Å²) in [4.78, 5) is 15.8. The summed E-state index contributed by atoms with van der Waals surface area (Å²) in [6.07, 6.45) is 9.34. The molecule has 1 heterocycles. The topological polar surface area (TPSA) is 29.5 Å². The fourth-order valence-corrected chi connectivity index (χ4v) is 6.09. The SMILES string of the molecule is CC(C)OC1CCN(C(=O)C23CC=C4CCC(C2)C4C3)c2ccccc21. The molecule has 0 N–H and O–H groups in total. The third-order valence-electron chi connectivity index (χ3n) is 7.19. The molecule has 3 nitrogen and oxygen atoms in total. The molecule has 3 heteroatoms. The van der Waals surface area contributed by atoms with Gasteiger partial charge in [0, 0.05) is 17.8 Å². The number of nitrogens with zero attached hydrogens (tertiary/aromatic N) is 1. The van der Waals surface area contributed by atoms with Crippen molar-refractivity contribution in [1.82, 2.24) is 0 Å². The van der Waals surface area contributed by atoms with Crippen molar-refractivity contribution in [3.8, 4) is 0 Å². The molecule has 1 aromatic carbocycles. The number of allylic oxidation sites excluding steroid dienone is 2. The van der Waals surface area contributed by atoms with Gasteiger partial charge in [-0.1, -0.05) is 29.8 Å². The predicted octanol–water partition coefficient (Wildman–Crippen LogP) is 5.03. The Bertz CT molecular complexity index is 767. The van der Waals surface area contributed by atoms with Crippen LogP contribution in [0.5, 0.6) is 0 Å². The zero-order valence-electron chi connectivity index (χ0n) is 15.9. The zero-order chi connectivity index (χ0) is 17.9. The Hall–Kier alpha value is -1.61. The molecule has 0 saturated heterocycles. The minimum Gasteiger partial charge on any atom is -0.371 e. The van der Waals surface area contributed by atoms with Crippen LogP contribution in [0.1, 0.15) is 64.0 Å². The summed E-state index contributed by atoms with van der Waals surface area (Å²) in [6.45, 7) is 4.95. The van der Waals surface area contributed by atoms with Crippen LogP contribution >= 0.6 is 0 Å². The van der Waals surface area contributed by atoms with Gasteiger partial charge in [-0.2, -0.15) is 0 Å². The first-order valence-corrected chi connectivity index (χ1v) is 10.3. The van der Waals surface area contributed by atoms with E-state index >= 15 is 0 Å². The van der Waals surface area contributed by atoms with Crippen molar-refractivity contribution in [3.63, 3.8) is 0 Å². The Kier molecular flexibility index (Phi) is 3.79.